The van der Waals surface area contributed by atoms with Crippen LogP contribution >= 0.6 is 0 Å². The zero-order valence-electron chi connectivity index (χ0n) is 8.74. The maximum absolute atomic E-state index is 5.30. The van der Waals surface area contributed by atoms with Crippen molar-refractivity contribution in [2.24, 2.45) is 5.84 Å². The second kappa shape index (κ2) is 4.88. The first-order chi connectivity index (χ1) is 6.67. The van der Waals surface area contributed by atoms with E-state index in [1.165, 1.54) is 0 Å². The van der Waals surface area contributed by atoms with Crippen molar-refractivity contribution in [2.75, 3.05) is 12.5 Å². The Morgan fingerprint density at radius 3 is 2.71 bits per heavy atom. The molecule has 0 spiro atoms. The summed E-state index contributed by atoms with van der Waals surface area (Å²) in [4.78, 5) is 8.57. The standard InChI is InChI=1S/C9H16N4O/c1-6(2)9-11-7(5-14-3)4-8(12-9)13-10/h4,6H,5,10H2,1-3H3,(H,11,12,13). The summed E-state index contributed by atoms with van der Waals surface area (Å²) >= 11 is 0. The minimum atomic E-state index is 0.277. The Kier molecular flexibility index (Phi) is 3.79. The van der Waals surface area contributed by atoms with Crippen LogP contribution in [0.15, 0.2) is 6.07 Å². The number of ether oxygens (including phenoxy) is 1. The summed E-state index contributed by atoms with van der Waals surface area (Å²) in [5.74, 6) is 6.97. The molecule has 78 valence electrons. The Bertz CT molecular complexity index is 301. The minimum absolute atomic E-state index is 0.277. The summed E-state index contributed by atoms with van der Waals surface area (Å²) in [6.45, 7) is 4.54. The van der Waals surface area contributed by atoms with Gasteiger partial charge >= 0.3 is 0 Å². The molecule has 1 heterocycles. The van der Waals surface area contributed by atoms with Crippen LogP contribution in [0, 0.1) is 0 Å². The van der Waals surface area contributed by atoms with E-state index >= 15 is 0 Å². The van der Waals surface area contributed by atoms with Crippen LogP contribution in [-0.2, 0) is 11.3 Å². The van der Waals surface area contributed by atoms with Crippen LogP contribution in [0.1, 0.15) is 31.3 Å². The molecule has 0 saturated heterocycles. The molecular formula is C9H16N4O. The molecule has 0 bridgehead atoms. The maximum atomic E-state index is 5.30. The molecule has 1 aromatic rings. The molecule has 1 rings (SSSR count). The number of hydrogen-bond donors (Lipinski definition) is 2. The summed E-state index contributed by atoms with van der Waals surface area (Å²) in [5, 5.41) is 0. The van der Waals surface area contributed by atoms with E-state index in [0.717, 1.165) is 11.5 Å². The smallest absolute Gasteiger partial charge is 0.144 e. The molecule has 3 N–H and O–H groups in total. The topological polar surface area (TPSA) is 73.1 Å². The molecule has 5 heteroatoms. The molecular weight excluding hydrogens is 180 g/mol. The molecule has 0 amide bonds. The van der Waals surface area contributed by atoms with Gasteiger partial charge in [0.25, 0.3) is 0 Å². The number of methoxy groups -OCH3 is 1. The lowest BCUT2D eigenvalue weighted by atomic mass is 10.2. The molecule has 0 aliphatic carbocycles. The number of nitrogens with one attached hydrogen (secondary N) is 1. The third kappa shape index (κ3) is 2.65. The van der Waals surface area contributed by atoms with Gasteiger partial charge in [0.1, 0.15) is 11.6 Å². The van der Waals surface area contributed by atoms with Gasteiger partial charge in [-0.2, -0.15) is 0 Å². The summed E-state index contributed by atoms with van der Waals surface area (Å²) in [7, 11) is 1.63. The Balaban J connectivity index is 3.00. The predicted octanol–water partition coefficient (Wildman–Crippen LogP) is 1.03. The second-order valence-corrected chi connectivity index (χ2v) is 3.33. The van der Waals surface area contributed by atoms with E-state index in [-0.39, 0.29) is 5.92 Å². The highest BCUT2D eigenvalue weighted by molar-refractivity contribution is 5.34. The summed E-state index contributed by atoms with van der Waals surface area (Å²) in [6, 6.07) is 1.77. The van der Waals surface area contributed by atoms with E-state index in [4.69, 9.17) is 10.6 Å². The third-order valence-electron chi connectivity index (χ3n) is 1.75. The van der Waals surface area contributed by atoms with E-state index in [1.54, 1.807) is 13.2 Å². The fourth-order valence-electron chi connectivity index (χ4n) is 1.07. The average Bonchev–Trinajstić information content (AvgIpc) is 2.17. The van der Waals surface area contributed by atoms with Crippen molar-refractivity contribution in [3.05, 3.63) is 17.6 Å². The van der Waals surface area contributed by atoms with Gasteiger partial charge in [0.15, 0.2) is 0 Å². The summed E-state index contributed by atoms with van der Waals surface area (Å²) in [6.07, 6.45) is 0. The highest BCUT2D eigenvalue weighted by Gasteiger charge is 2.06. The van der Waals surface area contributed by atoms with Crippen molar-refractivity contribution in [3.63, 3.8) is 0 Å². The van der Waals surface area contributed by atoms with E-state index < -0.39 is 0 Å². The van der Waals surface area contributed by atoms with Gasteiger partial charge < -0.3 is 10.2 Å². The van der Waals surface area contributed by atoms with Crippen LogP contribution in [0.25, 0.3) is 0 Å². The van der Waals surface area contributed by atoms with Gasteiger partial charge in [0.2, 0.25) is 0 Å². The van der Waals surface area contributed by atoms with Crippen LogP contribution < -0.4 is 11.3 Å². The highest BCUT2D eigenvalue weighted by atomic mass is 16.5. The molecule has 0 aliphatic heterocycles. The molecule has 0 aromatic carbocycles. The normalized spacial score (nSPS) is 10.6. The number of rotatable bonds is 4. The zero-order valence-corrected chi connectivity index (χ0v) is 8.74. The fraction of sp³-hybridized carbons (Fsp3) is 0.556. The zero-order chi connectivity index (χ0) is 10.6. The van der Waals surface area contributed by atoms with Gasteiger partial charge in [-0.1, -0.05) is 13.8 Å². The molecule has 0 atom stereocenters. The lowest BCUT2D eigenvalue weighted by Crippen LogP contribution is -2.12. The second-order valence-electron chi connectivity index (χ2n) is 3.33. The van der Waals surface area contributed by atoms with Crippen LogP contribution in [-0.4, -0.2) is 17.1 Å². The average molecular weight is 196 g/mol. The van der Waals surface area contributed by atoms with Crippen molar-refractivity contribution in [3.8, 4) is 0 Å². The van der Waals surface area contributed by atoms with Crippen molar-refractivity contribution >= 4 is 5.82 Å². The number of aromatic nitrogens is 2. The summed E-state index contributed by atoms with van der Waals surface area (Å²) < 4.78 is 5.00. The van der Waals surface area contributed by atoms with Crippen molar-refractivity contribution in [1.29, 1.82) is 0 Å². The first-order valence-electron chi connectivity index (χ1n) is 4.50. The van der Waals surface area contributed by atoms with E-state index in [2.05, 4.69) is 15.4 Å². The molecule has 0 saturated carbocycles. The number of hydrazine groups is 1. The molecule has 0 aliphatic rings. The number of nitrogens with zero attached hydrogens (tertiary/aromatic N) is 2. The first-order valence-corrected chi connectivity index (χ1v) is 4.50. The van der Waals surface area contributed by atoms with Gasteiger partial charge in [-0.3, -0.25) is 0 Å². The minimum Gasteiger partial charge on any atom is -0.378 e. The third-order valence-corrected chi connectivity index (χ3v) is 1.75. The van der Waals surface area contributed by atoms with E-state index in [1.807, 2.05) is 13.8 Å². The molecule has 14 heavy (non-hydrogen) atoms. The van der Waals surface area contributed by atoms with Crippen LogP contribution in [0.3, 0.4) is 0 Å². The SMILES string of the molecule is COCc1cc(NN)nc(C(C)C)n1. The van der Waals surface area contributed by atoms with Crippen LogP contribution in [0.4, 0.5) is 5.82 Å². The van der Waals surface area contributed by atoms with Gasteiger partial charge in [-0.05, 0) is 0 Å². The lowest BCUT2D eigenvalue weighted by Gasteiger charge is -2.08. The fourth-order valence-corrected chi connectivity index (χ4v) is 1.07. The Morgan fingerprint density at radius 1 is 1.50 bits per heavy atom. The van der Waals surface area contributed by atoms with Crippen LogP contribution in [0.5, 0.6) is 0 Å². The first kappa shape index (κ1) is 10.9. The van der Waals surface area contributed by atoms with Crippen molar-refractivity contribution in [1.82, 2.24) is 9.97 Å². The Hall–Kier alpha value is -1.20. The monoisotopic (exact) mass is 196 g/mol. The van der Waals surface area contributed by atoms with E-state index in [9.17, 15) is 0 Å². The molecule has 5 nitrogen and oxygen atoms in total. The van der Waals surface area contributed by atoms with Gasteiger partial charge in [-0.15, -0.1) is 0 Å². The van der Waals surface area contributed by atoms with Crippen molar-refractivity contribution in [2.45, 2.75) is 26.4 Å². The van der Waals surface area contributed by atoms with E-state index in [0.29, 0.717) is 12.4 Å². The maximum Gasteiger partial charge on any atom is 0.144 e. The molecule has 1 aromatic heterocycles. The number of nitrogen functional groups attached to an aromatic ring is 1. The summed E-state index contributed by atoms with van der Waals surface area (Å²) in [5.41, 5.74) is 3.35. The van der Waals surface area contributed by atoms with Crippen molar-refractivity contribution < 1.29 is 4.74 Å². The Morgan fingerprint density at radius 2 is 2.21 bits per heavy atom. The lowest BCUT2D eigenvalue weighted by molar-refractivity contribution is 0.181. The predicted molar refractivity (Wildman–Crippen MR) is 54.6 cm³/mol. The largest absolute Gasteiger partial charge is 0.378 e. The van der Waals surface area contributed by atoms with Gasteiger partial charge in [0, 0.05) is 19.1 Å². The number of hydrogen-bond acceptors (Lipinski definition) is 5. The van der Waals surface area contributed by atoms with Crippen LogP contribution in [0.2, 0.25) is 0 Å². The van der Waals surface area contributed by atoms with Gasteiger partial charge in [0.05, 0.1) is 12.3 Å². The number of anilines is 1. The number of nitrogens with two attached hydrogens (primary N) is 1. The quantitative estimate of drug-likeness (QED) is 0.556. The van der Waals surface area contributed by atoms with Gasteiger partial charge in [-0.25, -0.2) is 15.8 Å². The highest BCUT2D eigenvalue weighted by Crippen LogP contribution is 2.13. The molecule has 0 radical (unpaired) electrons. The Labute approximate surface area is 83.7 Å². The molecule has 0 fully saturated rings. The molecule has 0 unspecified atom stereocenters.